The van der Waals surface area contributed by atoms with E-state index in [9.17, 15) is 14.0 Å². The molecule has 0 atom stereocenters. The van der Waals surface area contributed by atoms with E-state index in [0.717, 1.165) is 11.5 Å². The molecule has 0 saturated carbocycles. The Labute approximate surface area is 61.6 Å². The molecular weight excluding hydrogens is 184 g/mol. The molecule has 0 spiro atoms. The molecule has 10 heavy (non-hydrogen) atoms. The summed E-state index contributed by atoms with van der Waals surface area (Å²) in [5, 5.41) is 4.36. The lowest BCUT2D eigenvalue weighted by molar-refractivity contribution is -1.91. The molecule has 0 unspecified atom stereocenters. The van der Waals surface area contributed by atoms with Crippen LogP contribution in [-0.4, -0.2) is 9.59 Å². The molecule has 0 aliphatic heterocycles. The van der Waals surface area contributed by atoms with E-state index in [1.165, 1.54) is 5.38 Å². The predicted octanol–water partition coefficient (Wildman–Crippen LogP) is -3.19. The van der Waals surface area contributed by atoms with Crippen LogP contribution in [0.1, 0.15) is 0 Å². The van der Waals surface area contributed by atoms with Crippen molar-refractivity contribution in [3.8, 4) is 5.88 Å². The summed E-state index contributed by atoms with van der Waals surface area (Å²) < 4.78 is 36.5. The zero-order valence-electron chi connectivity index (χ0n) is 4.39. The van der Waals surface area contributed by atoms with E-state index >= 15 is 0 Å². The van der Waals surface area contributed by atoms with Gasteiger partial charge >= 0.3 is 5.88 Å². The monoisotopic (exact) mass is 184 g/mol. The molecule has 0 bridgehead atoms. The summed E-state index contributed by atoms with van der Waals surface area (Å²) in [6.45, 7) is 0. The number of hydrogen-bond donors (Lipinski definition) is 0. The van der Waals surface area contributed by atoms with Gasteiger partial charge in [0.1, 0.15) is 10.2 Å². The molecule has 8 heteroatoms. The zero-order chi connectivity index (χ0) is 7.61. The highest BCUT2D eigenvalue weighted by atomic mass is 35.7. The Hall–Kier alpha value is -0.470. The van der Waals surface area contributed by atoms with Crippen molar-refractivity contribution < 1.29 is 28.5 Å². The van der Waals surface area contributed by atoms with Crippen LogP contribution in [0, 0.1) is 10.2 Å². The number of nitrogens with zero attached hydrogens (tertiary/aromatic N) is 2. The molecule has 0 N–H and O–H groups in total. The Morgan fingerprint density at radius 1 is 1.50 bits per heavy atom. The highest BCUT2D eigenvalue weighted by Crippen LogP contribution is 2.08. The third-order valence-corrected chi connectivity index (χ3v) is 1.34. The minimum atomic E-state index is -4.44. The Morgan fingerprint density at radius 3 is 2.60 bits per heavy atom. The van der Waals surface area contributed by atoms with Crippen molar-refractivity contribution in [3.63, 3.8) is 0 Å². The maximum atomic E-state index is 9.83. The van der Waals surface area contributed by atoms with Crippen LogP contribution in [0.15, 0.2) is 5.38 Å². The largest absolute Gasteiger partial charge is 0.411 e. The molecule has 0 aromatic carbocycles. The molecule has 1 rings (SSSR count). The van der Waals surface area contributed by atoms with Gasteiger partial charge in [-0.25, -0.2) is 0 Å². The van der Waals surface area contributed by atoms with Crippen molar-refractivity contribution in [1.82, 2.24) is 9.59 Å². The molecule has 0 radical (unpaired) electrons. The zero-order valence-corrected chi connectivity index (χ0v) is 5.96. The molecule has 1 heterocycles. The Balaban J connectivity index is 2.57. The molecule has 6 nitrogen and oxygen atoms in total. The van der Waals surface area contributed by atoms with Gasteiger partial charge in [0, 0.05) is 0 Å². The summed E-state index contributed by atoms with van der Waals surface area (Å²) >= 11 is 0.886. The van der Waals surface area contributed by atoms with Crippen molar-refractivity contribution in [3.05, 3.63) is 5.38 Å². The molecule has 0 amide bonds. The van der Waals surface area contributed by atoms with Crippen LogP contribution in [0.3, 0.4) is 0 Å². The molecule has 1 aromatic rings. The molecule has 56 valence electrons. The lowest BCUT2D eigenvalue weighted by atomic mass is 10.9. The van der Waals surface area contributed by atoms with Crippen LogP contribution in [-0.2, 0) is 0 Å². The molecule has 1 aromatic heterocycles. The third-order valence-electron chi connectivity index (χ3n) is 0.514. The van der Waals surface area contributed by atoms with Gasteiger partial charge in [-0.05, 0) is 15.8 Å². The highest BCUT2D eigenvalue weighted by molar-refractivity contribution is 7.03. The molecule has 0 fully saturated rings. The van der Waals surface area contributed by atoms with E-state index < -0.39 is 10.2 Å². The lowest BCUT2D eigenvalue weighted by Crippen LogP contribution is -2.63. The summed E-state index contributed by atoms with van der Waals surface area (Å²) in [5.41, 5.74) is 0. The van der Waals surface area contributed by atoms with Crippen LogP contribution in [0.25, 0.3) is 0 Å². The third kappa shape index (κ3) is 2.42. The topological polar surface area (TPSA) is 104 Å². The highest BCUT2D eigenvalue weighted by Gasteiger charge is 2.21. The van der Waals surface area contributed by atoms with Gasteiger partial charge in [-0.3, -0.25) is 0 Å². The number of rotatable bonds is 2. The summed E-state index contributed by atoms with van der Waals surface area (Å²) in [5.74, 6) is -0.304. The van der Waals surface area contributed by atoms with Crippen molar-refractivity contribution in [1.29, 1.82) is 0 Å². The fraction of sp³-hybridized carbons (Fsp3) is 0. The van der Waals surface area contributed by atoms with Gasteiger partial charge in [-0.1, -0.05) is 9.59 Å². The predicted molar refractivity (Wildman–Crippen MR) is 20.5 cm³/mol. The first-order chi connectivity index (χ1) is 4.58. The second-order valence-electron chi connectivity index (χ2n) is 1.20. The van der Waals surface area contributed by atoms with Crippen LogP contribution >= 0.6 is 11.5 Å². The van der Waals surface area contributed by atoms with Crippen molar-refractivity contribution in [2.45, 2.75) is 0 Å². The Kier molecular flexibility index (Phi) is 2.02. The first-order valence-corrected chi connectivity index (χ1v) is 4.02. The van der Waals surface area contributed by atoms with Gasteiger partial charge in [0.05, 0.1) is 5.38 Å². The molecule has 0 aliphatic rings. The minimum Gasteiger partial charge on any atom is -0.166 e. The summed E-state index contributed by atoms with van der Waals surface area (Å²) in [6, 6.07) is 0. The van der Waals surface area contributed by atoms with Crippen LogP contribution in [0.4, 0.5) is 0 Å². The first kappa shape index (κ1) is 7.63. The van der Waals surface area contributed by atoms with E-state index in [1.54, 1.807) is 0 Å². The summed E-state index contributed by atoms with van der Waals surface area (Å²) in [7, 11) is -4.44. The van der Waals surface area contributed by atoms with E-state index in [-0.39, 0.29) is 5.88 Å². The smallest absolute Gasteiger partial charge is 0.166 e. The minimum absolute atomic E-state index is 0.304. The first-order valence-electron chi connectivity index (χ1n) is 1.95. The average molecular weight is 185 g/mol. The summed E-state index contributed by atoms with van der Waals surface area (Å²) in [4.78, 5) is 0. The van der Waals surface area contributed by atoms with Crippen LogP contribution in [0.2, 0.25) is 0 Å². The second-order valence-corrected chi connectivity index (χ2v) is 2.72. The van der Waals surface area contributed by atoms with Gasteiger partial charge in [0.2, 0.25) is 0 Å². The fourth-order valence-corrected chi connectivity index (χ4v) is 0.968. The van der Waals surface area contributed by atoms with Gasteiger partial charge in [-0.15, -0.1) is 0 Å². The molecule has 0 saturated heterocycles. The Bertz CT molecular complexity index is 196. The van der Waals surface area contributed by atoms with Crippen LogP contribution in [0.5, 0.6) is 5.88 Å². The van der Waals surface area contributed by atoms with Crippen molar-refractivity contribution in [2.75, 3.05) is 0 Å². The normalized spacial score (nSPS) is 11.5. The van der Waals surface area contributed by atoms with E-state index in [0.29, 0.717) is 0 Å². The maximum Gasteiger partial charge on any atom is 0.411 e. The number of hydrogen-bond acceptors (Lipinski definition) is 7. The van der Waals surface area contributed by atoms with Gasteiger partial charge in [0.25, 0.3) is 0 Å². The Morgan fingerprint density at radius 2 is 2.20 bits per heavy atom. The molecule has 0 aliphatic carbocycles. The lowest BCUT2D eigenvalue weighted by Gasteiger charge is -2.09. The SMILES string of the molecule is [O-][Cl+3]([O-])([O-])Oc1csnn1. The van der Waals surface area contributed by atoms with E-state index in [1.807, 2.05) is 0 Å². The van der Waals surface area contributed by atoms with E-state index in [2.05, 4.69) is 13.9 Å². The van der Waals surface area contributed by atoms with E-state index in [4.69, 9.17) is 0 Å². The van der Waals surface area contributed by atoms with Gasteiger partial charge < -0.3 is 0 Å². The standard InChI is InChI=1S/C2HClN2O4S/c6-3(7,8)9-2-1-10-5-4-2/h1H. The van der Waals surface area contributed by atoms with Crippen LogP contribution < -0.4 is 18.3 Å². The quantitative estimate of drug-likeness (QED) is 0.480. The maximum absolute atomic E-state index is 9.83. The average Bonchev–Trinajstić information content (AvgIpc) is 2.12. The molecular formula is C2HClN2O4S. The van der Waals surface area contributed by atoms with Gasteiger partial charge in [0.15, 0.2) is 0 Å². The second kappa shape index (κ2) is 2.64. The van der Waals surface area contributed by atoms with Gasteiger partial charge in [-0.2, -0.15) is 14.0 Å². The fourth-order valence-electron chi connectivity index (χ4n) is 0.286. The van der Waals surface area contributed by atoms with Crippen molar-refractivity contribution >= 4 is 11.5 Å². The number of halogens is 1. The van der Waals surface area contributed by atoms with Crippen molar-refractivity contribution in [2.24, 2.45) is 0 Å². The number of aromatic nitrogens is 2. The summed E-state index contributed by atoms with van der Waals surface area (Å²) in [6.07, 6.45) is 0.